The Morgan fingerprint density at radius 3 is 2.55 bits per heavy atom. The number of amides is 1. The highest BCUT2D eigenvalue weighted by Crippen LogP contribution is 2.34. The van der Waals surface area contributed by atoms with Gasteiger partial charge in [-0.3, -0.25) is 9.69 Å². The van der Waals surface area contributed by atoms with Crippen molar-refractivity contribution in [3.05, 3.63) is 59.4 Å². The second-order valence-corrected chi connectivity index (χ2v) is 7.91. The fraction of sp³-hybridized carbons (Fsp3) is 0.320. The molecular weight excluding hydrogens is 418 g/mol. The Morgan fingerprint density at radius 2 is 1.85 bits per heavy atom. The predicted octanol–water partition coefficient (Wildman–Crippen LogP) is 3.22. The molecule has 2 N–H and O–H groups in total. The third-order valence-corrected chi connectivity index (χ3v) is 5.80. The quantitative estimate of drug-likeness (QED) is 0.620. The molecule has 0 saturated carbocycles. The Hall–Kier alpha value is -3.65. The monoisotopic (exact) mass is 447 g/mol. The van der Waals surface area contributed by atoms with Gasteiger partial charge in [-0.2, -0.15) is 0 Å². The summed E-state index contributed by atoms with van der Waals surface area (Å²) >= 11 is 0. The lowest BCUT2D eigenvalue weighted by molar-refractivity contribution is 0.0625. The van der Waals surface area contributed by atoms with Crippen molar-refractivity contribution in [2.45, 2.75) is 13.5 Å². The van der Waals surface area contributed by atoms with Gasteiger partial charge in [-0.25, -0.2) is 9.97 Å². The van der Waals surface area contributed by atoms with Crippen molar-refractivity contribution in [2.24, 2.45) is 0 Å². The van der Waals surface area contributed by atoms with Crippen LogP contribution in [0.2, 0.25) is 0 Å². The molecule has 3 aromatic rings. The van der Waals surface area contributed by atoms with Crippen LogP contribution in [0.1, 0.15) is 28.7 Å². The fourth-order valence-corrected chi connectivity index (χ4v) is 4.13. The predicted molar refractivity (Wildman–Crippen MR) is 129 cm³/mol. The van der Waals surface area contributed by atoms with E-state index >= 15 is 0 Å². The maximum absolute atomic E-state index is 13.2. The van der Waals surface area contributed by atoms with Gasteiger partial charge in [0, 0.05) is 42.7 Å². The SMILES string of the molecule is CC=Cc1cc(C(=O)N2CCN(Cc3nc(N)c4ccccc4n3)CC2)cc(OC)c1OC. The average Bonchev–Trinajstić information content (AvgIpc) is 2.84. The van der Waals surface area contributed by atoms with Crippen molar-refractivity contribution in [1.29, 1.82) is 0 Å². The summed E-state index contributed by atoms with van der Waals surface area (Å²) in [6, 6.07) is 11.3. The Kier molecular flexibility index (Phi) is 6.74. The Labute approximate surface area is 193 Å². The van der Waals surface area contributed by atoms with Crippen molar-refractivity contribution in [3.8, 4) is 11.5 Å². The van der Waals surface area contributed by atoms with Crippen LogP contribution in [0.3, 0.4) is 0 Å². The fourth-order valence-electron chi connectivity index (χ4n) is 4.13. The highest BCUT2D eigenvalue weighted by Gasteiger charge is 2.24. The van der Waals surface area contributed by atoms with E-state index in [2.05, 4.69) is 14.9 Å². The third-order valence-electron chi connectivity index (χ3n) is 5.80. The number of aromatic nitrogens is 2. The lowest BCUT2D eigenvalue weighted by Gasteiger charge is -2.34. The lowest BCUT2D eigenvalue weighted by atomic mass is 10.1. The van der Waals surface area contributed by atoms with E-state index in [9.17, 15) is 4.79 Å². The van der Waals surface area contributed by atoms with Crippen molar-refractivity contribution in [3.63, 3.8) is 0 Å². The molecule has 33 heavy (non-hydrogen) atoms. The summed E-state index contributed by atoms with van der Waals surface area (Å²) in [7, 11) is 3.17. The summed E-state index contributed by atoms with van der Waals surface area (Å²) in [4.78, 5) is 26.5. The summed E-state index contributed by atoms with van der Waals surface area (Å²) in [6.45, 7) is 5.23. The second kappa shape index (κ2) is 9.87. The van der Waals surface area contributed by atoms with Crippen LogP contribution < -0.4 is 15.2 Å². The number of benzene rings is 2. The first-order valence-corrected chi connectivity index (χ1v) is 11.0. The van der Waals surface area contributed by atoms with Gasteiger partial charge < -0.3 is 20.1 Å². The number of allylic oxidation sites excluding steroid dienone is 1. The van der Waals surface area contributed by atoms with Gasteiger partial charge in [-0.05, 0) is 31.2 Å². The van der Waals surface area contributed by atoms with E-state index in [0.717, 1.165) is 29.6 Å². The zero-order chi connectivity index (χ0) is 23.4. The molecule has 0 bridgehead atoms. The summed E-state index contributed by atoms with van der Waals surface area (Å²) in [5.74, 6) is 2.33. The molecule has 1 saturated heterocycles. The van der Waals surface area contributed by atoms with E-state index in [1.54, 1.807) is 20.3 Å². The minimum Gasteiger partial charge on any atom is -0.493 e. The Balaban J connectivity index is 1.45. The molecule has 1 amide bonds. The zero-order valence-corrected chi connectivity index (χ0v) is 19.2. The maximum Gasteiger partial charge on any atom is 0.254 e. The zero-order valence-electron chi connectivity index (χ0n) is 19.2. The standard InChI is InChI=1S/C25H29N5O3/c1-4-7-17-14-18(15-21(32-2)23(17)33-3)25(31)30-12-10-29(11-13-30)16-22-27-20-9-6-5-8-19(20)24(26)28-22/h4-9,14-15H,10-13,16H2,1-3H3,(H2,26,27,28). The van der Waals surface area contributed by atoms with Crippen LogP contribution in [0.5, 0.6) is 11.5 Å². The molecule has 0 atom stereocenters. The van der Waals surface area contributed by atoms with Gasteiger partial charge in [0.2, 0.25) is 0 Å². The van der Waals surface area contributed by atoms with Crippen molar-refractivity contribution >= 4 is 28.7 Å². The number of anilines is 1. The van der Waals surface area contributed by atoms with Gasteiger partial charge in [0.15, 0.2) is 11.5 Å². The topological polar surface area (TPSA) is 93.8 Å². The van der Waals surface area contributed by atoms with Crippen LogP contribution in [-0.4, -0.2) is 66.1 Å². The molecule has 0 radical (unpaired) electrons. The van der Waals surface area contributed by atoms with Gasteiger partial charge in [0.05, 0.1) is 26.3 Å². The molecule has 0 spiro atoms. The number of ether oxygens (including phenoxy) is 2. The van der Waals surface area contributed by atoms with E-state index in [-0.39, 0.29) is 5.91 Å². The largest absolute Gasteiger partial charge is 0.493 e. The minimum atomic E-state index is -0.0208. The van der Waals surface area contributed by atoms with Crippen LogP contribution in [0.15, 0.2) is 42.5 Å². The molecule has 0 aliphatic carbocycles. The number of hydrogen-bond acceptors (Lipinski definition) is 7. The van der Waals surface area contributed by atoms with Gasteiger partial charge in [0.25, 0.3) is 5.91 Å². The van der Waals surface area contributed by atoms with Gasteiger partial charge >= 0.3 is 0 Å². The molecule has 1 aliphatic rings. The number of methoxy groups -OCH3 is 2. The van der Waals surface area contributed by atoms with Crippen LogP contribution in [-0.2, 0) is 6.54 Å². The number of nitrogens with two attached hydrogens (primary N) is 1. The number of fused-ring (bicyclic) bond motifs is 1. The average molecular weight is 448 g/mol. The maximum atomic E-state index is 13.2. The molecular formula is C25H29N5O3. The summed E-state index contributed by atoms with van der Waals surface area (Å²) < 4.78 is 10.9. The highest BCUT2D eigenvalue weighted by atomic mass is 16.5. The first-order chi connectivity index (χ1) is 16.0. The molecule has 1 aliphatic heterocycles. The molecule has 2 heterocycles. The molecule has 8 heteroatoms. The number of nitrogens with zero attached hydrogens (tertiary/aromatic N) is 4. The normalized spacial score (nSPS) is 14.7. The second-order valence-electron chi connectivity index (χ2n) is 7.91. The molecule has 8 nitrogen and oxygen atoms in total. The molecule has 1 aromatic heterocycles. The van der Waals surface area contributed by atoms with E-state index < -0.39 is 0 Å². The molecule has 0 unspecified atom stereocenters. The molecule has 1 fully saturated rings. The number of nitrogen functional groups attached to an aromatic ring is 1. The Morgan fingerprint density at radius 1 is 1.09 bits per heavy atom. The number of para-hydroxylation sites is 1. The first kappa shape index (κ1) is 22.5. The first-order valence-electron chi connectivity index (χ1n) is 11.0. The van der Waals surface area contributed by atoms with Gasteiger partial charge in [0.1, 0.15) is 11.6 Å². The minimum absolute atomic E-state index is 0.0208. The van der Waals surface area contributed by atoms with Gasteiger partial charge in [-0.15, -0.1) is 0 Å². The van der Waals surface area contributed by atoms with E-state index in [4.69, 9.17) is 15.2 Å². The van der Waals surface area contributed by atoms with Crippen molar-refractivity contribution < 1.29 is 14.3 Å². The van der Waals surface area contributed by atoms with E-state index in [1.807, 2.05) is 54.3 Å². The van der Waals surface area contributed by atoms with Crippen molar-refractivity contribution in [1.82, 2.24) is 19.8 Å². The smallest absolute Gasteiger partial charge is 0.254 e. The van der Waals surface area contributed by atoms with Crippen LogP contribution in [0, 0.1) is 0 Å². The van der Waals surface area contributed by atoms with Crippen molar-refractivity contribution in [2.75, 3.05) is 46.1 Å². The molecule has 4 rings (SSSR count). The molecule has 2 aromatic carbocycles. The van der Waals surface area contributed by atoms with Crippen LogP contribution in [0.4, 0.5) is 5.82 Å². The number of rotatable bonds is 6. The van der Waals surface area contributed by atoms with E-state index in [1.165, 1.54) is 0 Å². The molecule has 172 valence electrons. The van der Waals surface area contributed by atoms with Gasteiger partial charge in [-0.1, -0.05) is 24.3 Å². The Bertz CT molecular complexity index is 1190. The van der Waals surface area contributed by atoms with E-state index in [0.29, 0.717) is 48.3 Å². The number of hydrogen-bond donors (Lipinski definition) is 1. The number of piperazine rings is 1. The van der Waals surface area contributed by atoms with Crippen LogP contribution >= 0.6 is 0 Å². The van der Waals surface area contributed by atoms with Crippen LogP contribution in [0.25, 0.3) is 17.0 Å². The number of carbonyl (C=O) groups is 1. The lowest BCUT2D eigenvalue weighted by Crippen LogP contribution is -2.48. The highest BCUT2D eigenvalue weighted by molar-refractivity contribution is 5.96. The summed E-state index contributed by atoms with van der Waals surface area (Å²) in [5.41, 5.74) is 8.36. The summed E-state index contributed by atoms with van der Waals surface area (Å²) in [5, 5.41) is 0.865. The summed E-state index contributed by atoms with van der Waals surface area (Å²) in [6.07, 6.45) is 3.82. The number of carbonyl (C=O) groups excluding carboxylic acids is 1. The third kappa shape index (κ3) is 4.75.